The van der Waals surface area contributed by atoms with E-state index >= 15 is 0 Å². The number of rotatable bonds is 1. The molecule has 1 aromatic heterocycles. The molecule has 2 fully saturated rings. The largest absolute Gasteiger partial charge is 0.338 e. The van der Waals surface area contributed by atoms with Crippen molar-refractivity contribution in [3.63, 3.8) is 0 Å². The molecule has 5 heteroatoms. The van der Waals surface area contributed by atoms with Crippen LogP contribution in [-0.4, -0.2) is 37.0 Å². The second kappa shape index (κ2) is 5.59. The number of nitrogens with one attached hydrogen (secondary N) is 1. The first-order valence-electron chi connectivity index (χ1n) is 6.31. The fourth-order valence-electron chi connectivity index (χ4n) is 3.04. The van der Waals surface area contributed by atoms with Gasteiger partial charge >= 0.3 is 0 Å². The van der Waals surface area contributed by atoms with Crippen molar-refractivity contribution in [1.29, 1.82) is 0 Å². The highest BCUT2D eigenvalue weighted by Gasteiger charge is 2.40. The minimum atomic E-state index is 0. The fraction of sp³-hybridized carbons (Fsp3) is 0.615. The number of amides is 1. The van der Waals surface area contributed by atoms with E-state index in [1.165, 1.54) is 19.3 Å². The molecule has 0 atom stereocenters. The Morgan fingerprint density at radius 3 is 2.78 bits per heavy atom. The van der Waals surface area contributed by atoms with Crippen LogP contribution in [0.3, 0.4) is 0 Å². The van der Waals surface area contributed by atoms with Crippen LogP contribution in [-0.2, 0) is 0 Å². The van der Waals surface area contributed by atoms with Gasteiger partial charge in [-0.3, -0.25) is 4.79 Å². The van der Waals surface area contributed by atoms with Gasteiger partial charge in [0, 0.05) is 18.5 Å². The van der Waals surface area contributed by atoms with Gasteiger partial charge in [0.2, 0.25) is 0 Å². The molecule has 0 unspecified atom stereocenters. The van der Waals surface area contributed by atoms with Gasteiger partial charge in [-0.05, 0) is 49.2 Å². The maximum atomic E-state index is 12.3. The zero-order valence-electron chi connectivity index (χ0n) is 10.4. The van der Waals surface area contributed by atoms with E-state index < -0.39 is 0 Å². The standard InChI is InChI=1S/C13H18N2OS.ClH/c16-12(11-1-8-17-9-11)15-7-4-13(10-15)2-5-14-6-3-13;/h1,8-9,14H,2-7,10H2;1H. The van der Waals surface area contributed by atoms with Crippen molar-refractivity contribution in [3.8, 4) is 0 Å². The van der Waals surface area contributed by atoms with E-state index in [0.29, 0.717) is 5.41 Å². The van der Waals surface area contributed by atoms with Gasteiger partial charge in [-0.2, -0.15) is 11.3 Å². The van der Waals surface area contributed by atoms with Gasteiger partial charge in [0.25, 0.3) is 5.91 Å². The lowest BCUT2D eigenvalue weighted by atomic mass is 9.78. The second-order valence-corrected chi connectivity index (χ2v) is 6.02. The van der Waals surface area contributed by atoms with Crippen molar-refractivity contribution in [2.75, 3.05) is 26.2 Å². The molecule has 100 valence electrons. The third-order valence-electron chi connectivity index (χ3n) is 4.16. The van der Waals surface area contributed by atoms with Gasteiger partial charge in [-0.1, -0.05) is 0 Å². The third-order valence-corrected chi connectivity index (χ3v) is 4.84. The normalized spacial score (nSPS) is 21.9. The van der Waals surface area contributed by atoms with Crippen molar-refractivity contribution >= 4 is 29.7 Å². The molecule has 0 radical (unpaired) electrons. The summed E-state index contributed by atoms with van der Waals surface area (Å²) in [5.74, 6) is 0.224. The molecule has 3 heterocycles. The molecule has 2 aliphatic rings. The first-order valence-corrected chi connectivity index (χ1v) is 7.26. The lowest BCUT2D eigenvalue weighted by Crippen LogP contribution is -2.39. The van der Waals surface area contributed by atoms with Crippen molar-refractivity contribution in [3.05, 3.63) is 22.4 Å². The van der Waals surface area contributed by atoms with Crippen LogP contribution in [0.1, 0.15) is 29.6 Å². The number of hydrogen-bond acceptors (Lipinski definition) is 3. The molecule has 1 spiro atoms. The molecule has 0 saturated carbocycles. The zero-order valence-corrected chi connectivity index (χ0v) is 12.0. The van der Waals surface area contributed by atoms with Crippen LogP contribution in [0.4, 0.5) is 0 Å². The van der Waals surface area contributed by atoms with Gasteiger partial charge < -0.3 is 10.2 Å². The Bertz CT molecular complexity index is 401. The Morgan fingerprint density at radius 1 is 1.33 bits per heavy atom. The molecule has 0 aliphatic carbocycles. The first kappa shape index (κ1) is 13.8. The molecule has 3 nitrogen and oxygen atoms in total. The summed E-state index contributed by atoms with van der Waals surface area (Å²) in [4.78, 5) is 14.3. The van der Waals surface area contributed by atoms with E-state index in [0.717, 1.165) is 31.7 Å². The van der Waals surface area contributed by atoms with Crippen molar-refractivity contribution < 1.29 is 4.79 Å². The van der Waals surface area contributed by atoms with E-state index in [1.807, 2.05) is 21.7 Å². The summed E-state index contributed by atoms with van der Waals surface area (Å²) in [7, 11) is 0. The summed E-state index contributed by atoms with van der Waals surface area (Å²) in [6.45, 7) is 4.12. The quantitative estimate of drug-likeness (QED) is 0.860. The summed E-state index contributed by atoms with van der Waals surface area (Å²) in [6.07, 6.45) is 3.63. The monoisotopic (exact) mass is 286 g/mol. The van der Waals surface area contributed by atoms with Gasteiger partial charge in [0.1, 0.15) is 0 Å². The minimum absolute atomic E-state index is 0. The molecule has 1 aromatic rings. The summed E-state index contributed by atoms with van der Waals surface area (Å²) >= 11 is 1.60. The first-order chi connectivity index (χ1) is 8.29. The van der Waals surface area contributed by atoms with E-state index in [9.17, 15) is 4.79 Å². The Hall–Kier alpha value is -0.580. The zero-order chi connectivity index (χ0) is 11.7. The number of carbonyl (C=O) groups excluding carboxylic acids is 1. The van der Waals surface area contributed by atoms with Crippen LogP contribution < -0.4 is 5.32 Å². The highest BCUT2D eigenvalue weighted by Crippen LogP contribution is 2.39. The SMILES string of the molecule is Cl.O=C(c1ccsc1)N1CCC2(CCNCC2)C1. The number of halogens is 1. The molecule has 18 heavy (non-hydrogen) atoms. The van der Waals surface area contributed by atoms with Crippen LogP contribution in [0.5, 0.6) is 0 Å². The molecular formula is C13H19ClN2OS. The Labute approximate surface area is 118 Å². The van der Waals surface area contributed by atoms with Crippen LogP contribution in [0, 0.1) is 5.41 Å². The lowest BCUT2D eigenvalue weighted by Gasteiger charge is -2.33. The van der Waals surface area contributed by atoms with E-state index in [-0.39, 0.29) is 18.3 Å². The lowest BCUT2D eigenvalue weighted by molar-refractivity contribution is 0.0762. The molecule has 0 aromatic carbocycles. The fourth-order valence-corrected chi connectivity index (χ4v) is 3.67. The van der Waals surface area contributed by atoms with Crippen molar-refractivity contribution in [2.24, 2.45) is 5.41 Å². The van der Waals surface area contributed by atoms with Crippen LogP contribution in [0.25, 0.3) is 0 Å². The van der Waals surface area contributed by atoms with Crippen molar-refractivity contribution in [2.45, 2.75) is 19.3 Å². The minimum Gasteiger partial charge on any atom is -0.338 e. The van der Waals surface area contributed by atoms with Gasteiger partial charge in [0.15, 0.2) is 0 Å². The smallest absolute Gasteiger partial charge is 0.254 e. The number of thiophene rings is 1. The average molecular weight is 287 g/mol. The Kier molecular flexibility index (Phi) is 4.30. The molecule has 2 saturated heterocycles. The number of carbonyl (C=O) groups is 1. The number of hydrogen-bond donors (Lipinski definition) is 1. The molecular weight excluding hydrogens is 268 g/mol. The summed E-state index contributed by atoms with van der Waals surface area (Å²) in [5.41, 5.74) is 1.28. The highest BCUT2D eigenvalue weighted by molar-refractivity contribution is 7.08. The van der Waals surface area contributed by atoms with Gasteiger partial charge in [-0.15, -0.1) is 12.4 Å². The van der Waals surface area contributed by atoms with E-state index in [1.54, 1.807) is 11.3 Å². The molecule has 1 N–H and O–H groups in total. The molecule has 1 amide bonds. The summed E-state index contributed by atoms with van der Waals surface area (Å²) < 4.78 is 0. The third kappa shape index (κ3) is 2.56. The number of likely N-dealkylation sites (tertiary alicyclic amines) is 1. The summed E-state index contributed by atoms with van der Waals surface area (Å²) in [6, 6.07) is 1.93. The maximum absolute atomic E-state index is 12.3. The van der Waals surface area contributed by atoms with Crippen LogP contribution in [0.15, 0.2) is 16.8 Å². The topological polar surface area (TPSA) is 32.3 Å². The van der Waals surface area contributed by atoms with Crippen LogP contribution >= 0.6 is 23.7 Å². The predicted octanol–water partition coefficient (Wildman–Crippen LogP) is 2.39. The predicted molar refractivity (Wildman–Crippen MR) is 76.6 cm³/mol. The highest BCUT2D eigenvalue weighted by atomic mass is 35.5. The number of nitrogens with zero attached hydrogens (tertiary/aromatic N) is 1. The Morgan fingerprint density at radius 2 is 2.11 bits per heavy atom. The second-order valence-electron chi connectivity index (χ2n) is 5.24. The number of piperidine rings is 1. The van der Waals surface area contributed by atoms with Gasteiger partial charge in [-0.25, -0.2) is 0 Å². The molecule has 0 bridgehead atoms. The van der Waals surface area contributed by atoms with Crippen LogP contribution in [0.2, 0.25) is 0 Å². The Balaban J connectivity index is 0.00000120. The van der Waals surface area contributed by atoms with E-state index in [4.69, 9.17) is 0 Å². The maximum Gasteiger partial charge on any atom is 0.254 e. The van der Waals surface area contributed by atoms with Crippen molar-refractivity contribution in [1.82, 2.24) is 10.2 Å². The van der Waals surface area contributed by atoms with E-state index in [2.05, 4.69) is 5.32 Å². The average Bonchev–Trinajstić information content (AvgIpc) is 2.99. The van der Waals surface area contributed by atoms with Gasteiger partial charge in [0.05, 0.1) is 5.56 Å². The molecule has 3 rings (SSSR count). The summed E-state index contributed by atoms with van der Waals surface area (Å²) in [5, 5.41) is 7.34. The molecule has 2 aliphatic heterocycles.